The lowest BCUT2D eigenvalue weighted by molar-refractivity contribution is -0.347. The number of hydrogen-bond acceptors (Lipinski definition) is 15. The van der Waals surface area contributed by atoms with Crippen LogP contribution < -0.4 is 5.32 Å². The monoisotopic (exact) mass is 964 g/mol. The van der Waals surface area contributed by atoms with Gasteiger partial charge in [0.25, 0.3) is 5.91 Å². The van der Waals surface area contributed by atoms with Gasteiger partial charge in [0.05, 0.1) is 41.9 Å². The minimum absolute atomic E-state index is 0.0282. The van der Waals surface area contributed by atoms with Crippen LogP contribution >= 0.6 is 0 Å². The van der Waals surface area contributed by atoms with Crippen molar-refractivity contribution in [3.05, 3.63) is 131 Å². The predicted octanol–water partition coefficient (Wildman–Crippen LogP) is 5.62. The third-order valence-corrected chi connectivity index (χ3v) is 14.8. The van der Waals surface area contributed by atoms with Gasteiger partial charge >= 0.3 is 23.9 Å². The summed E-state index contributed by atoms with van der Waals surface area (Å²) in [5, 5.41) is 29.1. The van der Waals surface area contributed by atoms with E-state index in [0.717, 1.165) is 13.3 Å². The third kappa shape index (κ3) is 9.41. The van der Waals surface area contributed by atoms with Crippen molar-refractivity contribution in [1.82, 2.24) is 10.2 Å². The highest BCUT2D eigenvalue weighted by molar-refractivity contribution is 5.96. The number of hydrogen-bond donors (Lipinski definition) is 3. The Morgan fingerprint density at radius 2 is 1.50 bits per heavy atom. The number of esters is 4. The topological polar surface area (TPSA) is 214 Å². The molecule has 3 aromatic rings. The molecule has 1 heterocycles. The summed E-state index contributed by atoms with van der Waals surface area (Å²) in [5.74, 6) is -6.30. The second-order valence-electron chi connectivity index (χ2n) is 19.8. The van der Waals surface area contributed by atoms with E-state index >= 15 is 9.59 Å². The van der Waals surface area contributed by atoms with Crippen molar-refractivity contribution in [2.24, 2.45) is 16.7 Å². The van der Waals surface area contributed by atoms with Crippen LogP contribution in [0.4, 0.5) is 0 Å². The molecule has 0 aromatic heterocycles. The van der Waals surface area contributed by atoms with Gasteiger partial charge in [0.2, 0.25) is 6.10 Å². The molecular formula is C54H64N2O14. The predicted molar refractivity (Wildman–Crippen MR) is 253 cm³/mol. The number of benzene rings is 3. The molecule has 2 saturated carbocycles. The van der Waals surface area contributed by atoms with Gasteiger partial charge < -0.3 is 44.0 Å². The van der Waals surface area contributed by atoms with Crippen LogP contribution in [0.3, 0.4) is 0 Å². The zero-order valence-corrected chi connectivity index (χ0v) is 41.0. The van der Waals surface area contributed by atoms with E-state index in [4.69, 9.17) is 28.4 Å². The summed E-state index contributed by atoms with van der Waals surface area (Å²) in [6.07, 6.45) is -9.21. The van der Waals surface area contributed by atoms with Crippen molar-refractivity contribution in [2.75, 3.05) is 26.7 Å². The van der Waals surface area contributed by atoms with Crippen molar-refractivity contribution in [3.63, 3.8) is 0 Å². The average molecular weight is 965 g/mol. The van der Waals surface area contributed by atoms with Crippen LogP contribution in [-0.4, -0.2) is 125 Å². The molecule has 1 saturated heterocycles. The molecule has 3 unspecified atom stereocenters. The number of nitrogens with one attached hydrogen (secondary N) is 1. The Bertz CT molecular complexity index is 2510. The van der Waals surface area contributed by atoms with Crippen LogP contribution in [0.1, 0.15) is 100 Å². The van der Waals surface area contributed by atoms with Crippen molar-refractivity contribution < 1.29 is 67.4 Å². The number of rotatable bonds is 16. The minimum Gasteiger partial charge on any atom is -0.487 e. The first kappa shape index (κ1) is 51.6. The van der Waals surface area contributed by atoms with Gasteiger partial charge in [-0.2, -0.15) is 0 Å². The van der Waals surface area contributed by atoms with Crippen LogP contribution in [0.15, 0.2) is 114 Å². The normalized spacial score (nSPS) is 29.6. The fraction of sp³-hybridized carbons (Fsp3) is 0.481. The van der Waals surface area contributed by atoms with E-state index in [-0.39, 0.29) is 47.6 Å². The molecule has 0 spiro atoms. The number of allylic oxidation sites excluding steroid dienone is 1. The second kappa shape index (κ2) is 20.3. The SMILES string of the molecule is C=C(C)O[C@@]12COC1C[C@H](O)[C@@]1(C)C(=O)[C@H](OC(C)=O)C3=C(C)[C@@H](OC(=O)[C@H](OC(=O)CN(C)CCC)[C@@H](NC(=O)c4ccccc4)c4ccccc4)C[C@@](O)(C(OC(=O)c4ccccc4)C21)C3(C)C. The first-order valence-corrected chi connectivity index (χ1v) is 23.6. The summed E-state index contributed by atoms with van der Waals surface area (Å²) in [7, 11) is 1.72. The van der Waals surface area contributed by atoms with E-state index in [1.165, 1.54) is 19.1 Å². The maximum Gasteiger partial charge on any atom is 0.350 e. The zero-order valence-electron chi connectivity index (χ0n) is 41.0. The number of nitrogens with zero attached hydrogens (tertiary/aromatic N) is 1. The number of Topliss-reactive ketones (excluding diaryl/α,β-unsaturated/α-hetero) is 1. The summed E-state index contributed by atoms with van der Waals surface area (Å²) < 4.78 is 37.6. The number of amides is 1. The Balaban J connectivity index is 1.42. The van der Waals surface area contributed by atoms with E-state index in [1.54, 1.807) is 119 Å². The highest BCUT2D eigenvalue weighted by Gasteiger charge is 2.78. The molecule has 1 amide bonds. The van der Waals surface area contributed by atoms with Crippen LogP contribution in [0.2, 0.25) is 0 Å². The number of ether oxygens (including phenoxy) is 6. The molecule has 3 fully saturated rings. The van der Waals surface area contributed by atoms with Gasteiger partial charge in [-0.1, -0.05) is 94.1 Å². The van der Waals surface area contributed by atoms with E-state index in [9.17, 15) is 29.4 Å². The van der Waals surface area contributed by atoms with Gasteiger partial charge in [-0.3, -0.25) is 24.1 Å². The maximum atomic E-state index is 15.8. The van der Waals surface area contributed by atoms with Crippen molar-refractivity contribution >= 4 is 35.6 Å². The fourth-order valence-electron chi connectivity index (χ4n) is 11.2. The highest BCUT2D eigenvalue weighted by Crippen LogP contribution is 2.64. The summed E-state index contributed by atoms with van der Waals surface area (Å²) in [6.45, 7) is 15.1. The molecule has 3 aliphatic carbocycles. The number of carbonyl (C=O) groups excluding carboxylic acids is 6. The van der Waals surface area contributed by atoms with Gasteiger partial charge in [-0.25, -0.2) is 9.59 Å². The fourth-order valence-corrected chi connectivity index (χ4v) is 11.2. The first-order chi connectivity index (χ1) is 33.1. The van der Waals surface area contributed by atoms with E-state index in [0.29, 0.717) is 12.1 Å². The molecule has 4 aliphatic rings. The summed E-state index contributed by atoms with van der Waals surface area (Å²) in [4.78, 5) is 88.3. The standard InChI is InChI=1S/C54H64N2O14/c1-10-26-56(9)29-40(59)68-44(42(34-20-14-11-15-21-34)55-48(61)35-22-16-12-17-23-35)50(63)67-37-28-54(64)47(69-49(62)36-24-18-13-19-25-36)45-52(8,38(58)27-39-53(45,30-65-39)70-31(2)3)46(60)43(66-33(5)57)41(32(37)4)51(54,6)7/h11-25,37-39,42-45,47,58,64H,2,10,26-30H2,1,3-9H3,(H,55,61)/t37-,38-,39?,42-,43+,44+,45?,47?,52+,53-,54+/m0/s1. The number of carbonyl (C=O) groups is 6. The first-order valence-electron chi connectivity index (χ1n) is 23.6. The van der Waals surface area contributed by atoms with Gasteiger partial charge in [-0.05, 0) is 81.8 Å². The molecule has 11 atom stereocenters. The Morgan fingerprint density at radius 3 is 2.06 bits per heavy atom. The van der Waals surface area contributed by atoms with Crippen molar-refractivity contribution in [3.8, 4) is 0 Å². The number of aliphatic hydroxyl groups excluding tert-OH is 1. The summed E-state index contributed by atoms with van der Waals surface area (Å²) in [5.41, 5.74) is -6.57. The van der Waals surface area contributed by atoms with Crippen molar-refractivity contribution in [2.45, 2.75) is 122 Å². The Labute approximate surface area is 408 Å². The number of likely N-dealkylation sites (N-methyl/N-ethyl adjacent to an activating group) is 1. The number of aliphatic hydroxyl groups is 2. The summed E-state index contributed by atoms with van der Waals surface area (Å²) in [6, 6.07) is 23.4. The molecule has 374 valence electrons. The molecule has 16 heteroatoms. The van der Waals surface area contributed by atoms with Crippen molar-refractivity contribution in [1.29, 1.82) is 0 Å². The Morgan fingerprint density at radius 1 is 0.900 bits per heavy atom. The Hall–Kier alpha value is -6.20. The van der Waals surface area contributed by atoms with Gasteiger partial charge in [0.1, 0.15) is 30.0 Å². The molecule has 1 aliphatic heterocycles. The lowest BCUT2D eigenvalue weighted by atomic mass is 9.44. The van der Waals surface area contributed by atoms with Crippen LogP contribution in [0, 0.1) is 16.7 Å². The molecule has 2 bridgehead atoms. The third-order valence-electron chi connectivity index (χ3n) is 14.8. The molecule has 16 nitrogen and oxygen atoms in total. The lowest BCUT2D eigenvalue weighted by Crippen LogP contribution is -2.81. The van der Waals surface area contributed by atoms with Crippen LogP contribution in [0.25, 0.3) is 0 Å². The molecule has 3 N–H and O–H groups in total. The zero-order chi connectivity index (χ0) is 50.9. The largest absolute Gasteiger partial charge is 0.487 e. The van der Waals surface area contributed by atoms with Crippen LogP contribution in [0.5, 0.6) is 0 Å². The minimum atomic E-state index is -2.36. The van der Waals surface area contributed by atoms with E-state index in [1.807, 2.05) is 6.92 Å². The average Bonchev–Trinajstić information content (AvgIpc) is 3.31. The molecule has 7 rings (SSSR count). The Kier molecular flexibility index (Phi) is 14.9. The van der Waals surface area contributed by atoms with Crippen LogP contribution in [-0.2, 0) is 47.6 Å². The number of fused-ring (bicyclic) bond motifs is 5. The smallest absolute Gasteiger partial charge is 0.350 e. The molecule has 0 radical (unpaired) electrons. The van der Waals surface area contributed by atoms with E-state index < -0.39 is 113 Å². The van der Waals surface area contributed by atoms with E-state index in [2.05, 4.69) is 11.9 Å². The molecule has 70 heavy (non-hydrogen) atoms. The van der Waals surface area contributed by atoms with Gasteiger partial charge in [-0.15, -0.1) is 0 Å². The second-order valence-corrected chi connectivity index (χ2v) is 19.8. The summed E-state index contributed by atoms with van der Waals surface area (Å²) >= 11 is 0. The molecular weight excluding hydrogens is 901 g/mol. The quantitative estimate of drug-likeness (QED) is 0.0689. The number of ketones is 1. The van der Waals surface area contributed by atoms with Gasteiger partial charge in [0, 0.05) is 30.7 Å². The molecule has 3 aromatic carbocycles. The van der Waals surface area contributed by atoms with Gasteiger partial charge in [0.15, 0.2) is 17.5 Å². The lowest BCUT2D eigenvalue weighted by Gasteiger charge is -2.67. The maximum absolute atomic E-state index is 15.8. The highest BCUT2D eigenvalue weighted by atomic mass is 16.6.